The molecular formula is C16H14FN3O2S. The summed E-state index contributed by atoms with van der Waals surface area (Å²) in [6.07, 6.45) is 0.320. The smallest absolute Gasteiger partial charge is 0.249 e. The van der Waals surface area contributed by atoms with Gasteiger partial charge in [0.1, 0.15) is 11.9 Å². The lowest BCUT2D eigenvalue weighted by Crippen LogP contribution is -2.28. The first-order valence-corrected chi connectivity index (χ1v) is 7.91. The molecule has 0 fully saturated rings. The summed E-state index contributed by atoms with van der Waals surface area (Å²) in [5, 5.41) is 8.61. The number of aromatic nitrogens is 2. The SMILES string of the molecule is C[C@@H](NC(=O)Cc1cccs1)c1nc(-c2ccc(F)cc2)no1. The predicted molar refractivity (Wildman–Crippen MR) is 84.3 cm³/mol. The van der Waals surface area contributed by atoms with E-state index in [-0.39, 0.29) is 11.7 Å². The summed E-state index contributed by atoms with van der Waals surface area (Å²) in [7, 11) is 0. The van der Waals surface area contributed by atoms with E-state index in [0.29, 0.717) is 23.7 Å². The molecule has 5 nitrogen and oxygen atoms in total. The van der Waals surface area contributed by atoms with Crippen LogP contribution in [0.25, 0.3) is 11.4 Å². The molecule has 23 heavy (non-hydrogen) atoms. The first-order valence-electron chi connectivity index (χ1n) is 7.03. The third-order valence-electron chi connectivity index (χ3n) is 3.21. The summed E-state index contributed by atoms with van der Waals surface area (Å²) in [4.78, 5) is 17.2. The fourth-order valence-corrected chi connectivity index (χ4v) is 2.76. The lowest BCUT2D eigenvalue weighted by molar-refractivity contribution is -0.121. The molecule has 118 valence electrons. The second-order valence-electron chi connectivity index (χ2n) is 5.01. The van der Waals surface area contributed by atoms with Gasteiger partial charge in [0.25, 0.3) is 0 Å². The Kier molecular flexibility index (Phi) is 4.47. The number of nitrogens with one attached hydrogen (secondary N) is 1. The number of nitrogens with zero attached hydrogens (tertiary/aromatic N) is 2. The van der Waals surface area contributed by atoms with E-state index in [4.69, 9.17) is 4.52 Å². The van der Waals surface area contributed by atoms with Gasteiger partial charge in [0.2, 0.25) is 17.6 Å². The Morgan fingerprint density at radius 1 is 1.35 bits per heavy atom. The second-order valence-corrected chi connectivity index (χ2v) is 6.04. The highest BCUT2D eigenvalue weighted by Gasteiger charge is 2.17. The number of amides is 1. The summed E-state index contributed by atoms with van der Waals surface area (Å²) in [6, 6.07) is 9.23. The number of halogens is 1. The average Bonchev–Trinajstić information content (AvgIpc) is 3.19. The third-order valence-corrected chi connectivity index (χ3v) is 4.08. The minimum absolute atomic E-state index is 0.110. The van der Waals surface area contributed by atoms with E-state index < -0.39 is 6.04 Å². The highest BCUT2D eigenvalue weighted by atomic mass is 32.1. The van der Waals surface area contributed by atoms with E-state index in [1.54, 1.807) is 19.1 Å². The summed E-state index contributed by atoms with van der Waals surface area (Å²) >= 11 is 1.53. The Labute approximate surface area is 136 Å². The number of hydrogen-bond donors (Lipinski definition) is 1. The Bertz CT molecular complexity index is 784. The molecule has 1 atom stereocenters. The fourth-order valence-electron chi connectivity index (χ4n) is 2.05. The van der Waals surface area contributed by atoms with Gasteiger partial charge in [-0.3, -0.25) is 4.79 Å². The average molecular weight is 331 g/mol. The number of benzene rings is 1. The molecule has 2 aromatic heterocycles. The molecular weight excluding hydrogens is 317 g/mol. The van der Waals surface area contributed by atoms with Crippen LogP contribution in [0.2, 0.25) is 0 Å². The van der Waals surface area contributed by atoms with Crippen molar-refractivity contribution in [1.82, 2.24) is 15.5 Å². The van der Waals surface area contributed by atoms with E-state index in [2.05, 4.69) is 15.5 Å². The maximum Gasteiger partial charge on any atom is 0.249 e. The van der Waals surface area contributed by atoms with Crippen molar-refractivity contribution < 1.29 is 13.7 Å². The van der Waals surface area contributed by atoms with Crippen molar-refractivity contribution in [3.63, 3.8) is 0 Å². The zero-order chi connectivity index (χ0) is 16.2. The monoisotopic (exact) mass is 331 g/mol. The Morgan fingerprint density at radius 3 is 2.83 bits per heavy atom. The molecule has 0 aliphatic heterocycles. The Morgan fingerprint density at radius 2 is 2.13 bits per heavy atom. The molecule has 0 bridgehead atoms. The molecule has 7 heteroatoms. The maximum absolute atomic E-state index is 12.9. The van der Waals surface area contributed by atoms with Crippen molar-refractivity contribution in [2.45, 2.75) is 19.4 Å². The molecule has 1 N–H and O–H groups in total. The summed E-state index contributed by atoms with van der Waals surface area (Å²) in [6.45, 7) is 1.77. The van der Waals surface area contributed by atoms with Crippen LogP contribution in [0, 0.1) is 5.82 Å². The molecule has 0 aliphatic rings. The van der Waals surface area contributed by atoms with Crippen molar-refractivity contribution in [3.8, 4) is 11.4 Å². The van der Waals surface area contributed by atoms with Crippen LogP contribution in [0.4, 0.5) is 4.39 Å². The van der Waals surface area contributed by atoms with Gasteiger partial charge < -0.3 is 9.84 Å². The van der Waals surface area contributed by atoms with E-state index in [9.17, 15) is 9.18 Å². The van der Waals surface area contributed by atoms with Crippen LogP contribution >= 0.6 is 11.3 Å². The van der Waals surface area contributed by atoms with E-state index >= 15 is 0 Å². The lowest BCUT2D eigenvalue weighted by atomic mass is 10.2. The number of carbonyl (C=O) groups excluding carboxylic acids is 1. The molecule has 3 aromatic rings. The summed E-state index contributed by atoms with van der Waals surface area (Å²) in [5.74, 6) is 0.233. The lowest BCUT2D eigenvalue weighted by Gasteiger charge is -2.08. The second kappa shape index (κ2) is 6.70. The first kappa shape index (κ1) is 15.4. The van der Waals surface area contributed by atoms with E-state index in [1.807, 2.05) is 17.5 Å². The molecule has 0 unspecified atom stereocenters. The van der Waals surface area contributed by atoms with Gasteiger partial charge in [0, 0.05) is 10.4 Å². The largest absolute Gasteiger partial charge is 0.344 e. The highest BCUT2D eigenvalue weighted by Crippen LogP contribution is 2.19. The van der Waals surface area contributed by atoms with Gasteiger partial charge in [-0.05, 0) is 42.6 Å². The van der Waals surface area contributed by atoms with Crippen molar-refractivity contribution >= 4 is 17.2 Å². The summed E-state index contributed by atoms with van der Waals surface area (Å²) in [5.41, 5.74) is 0.651. The number of hydrogen-bond acceptors (Lipinski definition) is 5. The quantitative estimate of drug-likeness (QED) is 0.778. The topological polar surface area (TPSA) is 68.0 Å². The molecule has 0 saturated carbocycles. The van der Waals surface area contributed by atoms with Crippen LogP contribution in [0.15, 0.2) is 46.3 Å². The van der Waals surface area contributed by atoms with Gasteiger partial charge in [0.05, 0.1) is 6.42 Å². The number of carbonyl (C=O) groups is 1. The molecule has 0 aliphatic carbocycles. The standard InChI is InChI=1S/C16H14FN3O2S/c1-10(18-14(21)9-13-3-2-8-23-13)16-19-15(20-22-16)11-4-6-12(17)7-5-11/h2-8,10H,9H2,1H3,(H,18,21)/t10-/m1/s1. The van der Waals surface area contributed by atoms with Crippen LogP contribution in [0.3, 0.4) is 0 Å². The molecule has 3 rings (SSSR count). The van der Waals surface area contributed by atoms with Gasteiger partial charge in [-0.25, -0.2) is 4.39 Å². The molecule has 2 heterocycles. The van der Waals surface area contributed by atoms with E-state index in [1.165, 1.54) is 23.5 Å². The zero-order valence-corrected chi connectivity index (χ0v) is 13.1. The van der Waals surface area contributed by atoms with Gasteiger partial charge in [-0.15, -0.1) is 11.3 Å². The van der Waals surface area contributed by atoms with Gasteiger partial charge in [0.15, 0.2) is 0 Å². The van der Waals surface area contributed by atoms with E-state index in [0.717, 1.165) is 4.88 Å². The van der Waals surface area contributed by atoms with Gasteiger partial charge in [-0.1, -0.05) is 11.2 Å². The molecule has 1 aromatic carbocycles. The first-order chi connectivity index (χ1) is 11.1. The Balaban J connectivity index is 1.65. The minimum atomic E-state index is -0.399. The van der Waals surface area contributed by atoms with Gasteiger partial charge >= 0.3 is 0 Å². The minimum Gasteiger partial charge on any atom is -0.344 e. The fraction of sp³-hybridized carbons (Fsp3) is 0.188. The normalized spacial score (nSPS) is 12.1. The number of rotatable bonds is 5. The van der Waals surface area contributed by atoms with Crippen molar-refractivity contribution in [2.24, 2.45) is 0 Å². The van der Waals surface area contributed by atoms with Crippen LogP contribution in [0.1, 0.15) is 23.7 Å². The Hall–Kier alpha value is -2.54. The zero-order valence-electron chi connectivity index (χ0n) is 12.3. The van der Waals surface area contributed by atoms with Crippen molar-refractivity contribution in [3.05, 3.63) is 58.4 Å². The van der Waals surface area contributed by atoms with Crippen LogP contribution in [-0.4, -0.2) is 16.0 Å². The van der Waals surface area contributed by atoms with Crippen molar-refractivity contribution in [2.75, 3.05) is 0 Å². The molecule has 0 saturated heterocycles. The van der Waals surface area contributed by atoms with Crippen molar-refractivity contribution in [1.29, 1.82) is 0 Å². The molecule has 0 radical (unpaired) electrons. The third kappa shape index (κ3) is 3.81. The predicted octanol–water partition coefficient (Wildman–Crippen LogP) is 3.36. The van der Waals surface area contributed by atoms with Crippen LogP contribution < -0.4 is 5.32 Å². The van der Waals surface area contributed by atoms with Crippen LogP contribution in [-0.2, 0) is 11.2 Å². The maximum atomic E-state index is 12.9. The molecule has 0 spiro atoms. The number of thiophene rings is 1. The van der Waals surface area contributed by atoms with Crippen LogP contribution in [0.5, 0.6) is 0 Å². The highest BCUT2D eigenvalue weighted by molar-refractivity contribution is 7.10. The van der Waals surface area contributed by atoms with Gasteiger partial charge in [-0.2, -0.15) is 4.98 Å². The molecule has 1 amide bonds. The summed E-state index contributed by atoms with van der Waals surface area (Å²) < 4.78 is 18.1.